The number of pyridine rings is 1. The maximum absolute atomic E-state index is 11.2. The van der Waals surface area contributed by atoms with Gasteiger partial charge in [0.1, 0.15) is 0 Å². The molecule has 1 N–H and O–H groups in total. The lowest BCUT2D eigenvalue weighted by atomic mass is 10.3. The first-order valence-corrected chi connectivity index (χ1v) is 3.70. The van der Waals surface area contributed by atoms with Gasteiger partial charge in [-0.2, -0.15) is 0 Å². The fraction of sp³-hybridized carbons (Fsp3) is 0. The second-order valence-electron chi connectivity index (χ2n) is 2.25. The quantitative estimate of drug-likeness (QED) is 0.463. The maximum Gasteiger partial charge on any atom is 0.259 e. The molecule has 12 heavy (non-hydrogen) atoms. The van der Waals surface area contributed by atoms with Gasteiger partial charge in [-0.1, -0.05) is 0 Å². The Bertz CT molecular complexity index is 479. The number of hydrogen-bond acceptors (Lipinski definition) is 4. The minimum Gasteiger partial charge on any atom is -0.742 e. The number of H-pyrrole nitrogens is 1. The van der Waals surface area contributed by atoms with Gasteiger partial charge >= 0.3 is 0 Å². The lowest BCUT2D eigenvalue weighted by molar-refractivity contribution is 0.967. The van der Waals surface area contributed by atoms with Gasteiger partial charge in [0.15, 0.2) is 5.65 Å². The van der Waals surface area contributed by atoms with Crippen molar-refractivity contribution in [1.29, 1.82) is 0 Å². The average molecular weight is 178 g/mol. The van der Waals surface area contributed by atoms with Gasteiger partial charge in [-0.3, -0.25) is 4.79 Å². The van der Waals surface area contributed by atoms with E-state index in [1.165, 1.54) is 0 Å². The zero-order valence-corrected chi connectivity index (χ0v) is 6.76. The van der Waals surface area contributed by atoms with Gasteiger partial charge in [0.05, 0.1) is 5.39 Å². The third-order valence-corrected chi connectivity index (χ3v) is 1.65. The van der Waals surface area contributed by atoms with E-state index in [1.807, 2.05) is 0 Å². The highest BCUT2D eigenvalue weighted by atomic mass is 32.1. The first-order valence-electron chi connectivity index (χ1n) is 3.29. The van der Waals surface area contributed by atoms with Crippen LogP contribution in [0.15, 0.2) is 28.3 Å². The summed E-state index contributed by atoms with van der Waals surface area (Å²) in [5, 5.41) is 0.636. The Morgan fingerprint density at radius 2 is 2.33 bits per heavy atom. The summed E-state index contributed by atoms with van der Waals surface area (Å²) >= 11 is 4.72. The number of aromatic amines is 1. The molecule has 0 radical (unpaired) electrons. The first-order chi connectivity index (χ1) is 5.77. The molecule has 4 nitrogen and oxygen atoms in total. The van der Waals surface area contributed by atoms with Crippen molar-refractivity contribution < 1.29 is 0 Å². The highest BCUT2D eigenvalue weighted by Crippen LogP contribution is 2.00. The van der Waals surface area contributed by atoms with Crippen molar-refractivity contribution >= 4 is 23.7 Å². The van der Waals surface area contributed by atoms with Crippen LogP contribution in [-0.4, -0.2) is 15.0 Å². The molecule has 0 saturated carbocycles. The van der Waals surface area contributed by atoms with Crippen LogP contribution in [0.3, 0.4) is 0 Å². The lowest BCUT2D eigenvalue weighted by Gasteiger charge is -2.03. The van der Waals surface area contributed by atoms with Gasteiger partial charge < -0.3 is 17.6 Å². The van der Waals surface area contributed by atoms with E-state index < -0.39 is 0 Å². The smallest absolute Gasteiger partial charge is 0.259 e. The Kier molecular flexibility index (Phi) is 1.51. The minimum absolute atomic E-state index is 0.172. The SMILES string of the molecule is O=c1[nH]c([S-])nc2ncccc12. The van der Waals surface area contributed by atoms with Crippen LogP contribution in [0.25, 0.3) is 11.0 Å². The van der Waals surface area contributed by atoms with Crippen LogP contribution in [0.4, 0.5) is 0 Å². The Hall–Kier alpha value is -1.49. The summed E-state index contributed by atoms with van der Waals surface area (Å²) in [7, 11) is 0. The van der Waals surface area contributed by atoms with Crippen LogP contribution < -0.4 is 5.56 Å². The van der Waals surface area contributed by atoms with Crippen molar-refractivity contribution in [2.75, 3.05) is 0 Å². The molecule has 0 bridgehead atoms. The predicted molar refractivity (Wildman–Crippen MR) is 45.8 cm³/mol. The summed E-state index contributed by atoms with van der Waals surface area (Å²) < 4.78 is 0. The molecule has 0 aliphatic rings. The van der Waals surface area contributed by atoms with E-state index in [4.69, 9.17) is 12.6 Å². The molecule has 0 spiro atoms. The van der Waals surface area contributed by atoms with Gasteiger partial charge in [0.25, 0.3) is 5.56 Å². The van der Waals surface area contributed by atoms with Gasteiger partial charge in [-0.05, 0) is 17.3 Å². The van der Waals surface area contributed by atoms with Crippen LogP contribution in [-0.2, 0) is 12.6 Å². The molecule has 0 aliphatic heterocycles. The van der Waals surface area contributed by atoms with Crippen LogP contribution in [0.5, 0.6) is 0 Å². The Morgan fingerprint density at radius 1 is 1.50 bits per heavy atom. The van der Waals surface area contributed by atoms with Gasteiger partial charge in [-0.15, -0.1) is 0 Å². The molecule has 5 heteroatoms. The number of nitrogens with zero attached hydrogens (tertiary/aromatic N) is 2. The highest BCUT2D eigenvalue weighted by Gasteiger charge is 1.96. The first kappa shape index (κ1) is 7.17. The monoisotopic (exact) mass is 178 g/mol. The van der Waals surface area contributed by atoms with E-state index >= 15 is 0 Å². The highest BCUT2D eigenvalue weighted by molar-refractivity contribution is 7.58. The molecular weight excluding hydrogens is 174 g/mol. The van der Waals surface area contributed by atoms with E-state index in [9.17, 15) is 4.79 Å². The van der Waals surface area contributed by atoms with Crippen molar-refractivity contribution in [1.82, 2.24) is 15.0 Å². The molecule has 0 fully saturated rings. The molecule has 60 valence electrons. The molecule has 2 aromatic heterocycles. The Morgan fingerprint density at radius 3 is 3.17 bits per heavy atom. The second-order valence-corrected chi connectivity index (χ2v) is 2.63. The van der Waals surface area contributed by atoms with Crippen LogP contribution in [0, 0.1) is 0 Å². The van der Waals surface area contributed by atoms with E-state index in [2.05, 4.69) is 15.0 Å². The lowest BCUT2D eigenvalue weighted by Crippen LogP contribution is -2.09. The molecule has 2 rings (SSSR count). The fourth-order valence-electron chi connectivity index (χ4n) is 0.952. The summed E-state index contributed by atoms with van der Waals surface area (Å²) in [4.78, 5) is 21.4. The molecule has 0 aliphatic carbocycles. The molecule has 0 aromatic carbocycles. The summed E-state index contributed by atoms with van der Waals surface area (Å²) in [6.45, 7) is 0. The standard InChI is InChI=1S/C7H5N3OS/c11-6-4-2-1-3-8-5(4)9-7(12)10-6/h1-3H,(H2,8,9,10,11,12)/p-1. The summed E-state index contributed by atoms with van der Waals surface area (Å²) in [5.41, 5.74) is 0.157. The third-order valence-electron chi connectivity index (χ3n) is 1.46. The predicted octanol–water partition coefficient (Wildman–Crippen LogP) is 0.224. The van der Waals surface area contributed by atoms with Crippen molar-refractivity contribution in [3.8, 4) is 0 Å². The van der Waals surface area contributed by atoms with Gasteiger partial charge in [0, 0.05) is 6.20 Å². The van der Waals surface area contributed by atoms with Crippen molar-refractivity contribution in [3.63, 3.8) is 0 Å². The zero-order valence-electron chi connectivity index (χ0n) is 5.94. The van der Waals surface area contributed by atoms with Crippen LogP contribution >= 0.6 is 0 Å². The molecular formula is C7H4N3OS-. The topological polar surface area (TPSA) is 58.6 Å². The van der Waals surface area contributed by atoms with Gasteiger partial charge in [-0.25, -0.2) is 9.97 Å². The number of hydrogen-bond donors (Lipinski definition) is 1. The molecule has 0 unspecified atom stereocenters. The average Bonchev–Trinajstić information content (AvgIpc) is 2.04. The fourth-order valence-corrected chi connectivity index (χ4v) is 1.13. The largest absolute Gasteiger partial charge is 0.742 e. The summed E-state index contributed by atoms with van der Waals surface area (Å²) in [5.74, 6) is 0. The number of rotatable bonds is 0. The third kappa shape index (κ3) is 1.04. The van der Waals surface area contributed by atoms with E-state index in [0.717, 1.165) is 0 Å². The second kappa shape index (κ2) is 2.53. The Balaban J connectivity index is 2.99. The van der Waals surface area contributed by atoms with E-state index in [1.54, 1.807) is 18.3 Å². The molecule has 2 aromatic rings. The normalized spacial score (nSPS) is 10.3. The van der Waals surface area contributed by atoms with E-state index in [-0.39, 0.29) is 10.7 Å². The van der Waals surface area contributed by atoms with Crippen molar-refractivity contribution in [3.05, 3.63) is 28.7 Å². The van der Waals surface area contributed by atoms with Crippen LogP contribution in [0.2, 0.25) is 0 Å². The summed E-state index contributed by atoms with van der Waals surface area (Å²) in [6, 6.07) is 3.34. The molecule has 2 heterocycles. The summed E-state index contributed by atoms with van der Waals surface area (Å²) in [6.07, 6.45) is 1.57. The maximum atomic E-state index is 11.2. The molecule has 0 atom stereocenters. The number of aromatic nitrogens is 3. The zero-order chi connectivity index (χ0) is 8.55. The van der Waals surface area contributed by atoms with Gasteiger partial charge in [0.2, 0.25) is 0 Å². The van der Waals surface area contributed by atoms with Crippen molar-refractivity contribution in [2.45, 2.75) is 5.16 Å². The Labute approximate surface area is 73.1 Å². The number of nitrogens with one attached hydrogen (secondary N) is 1. The van der Waals surface area contributed by atoms with Crippen molar-refractivity contribution in [2.24, 2.45) is 0 Å². The number of fused-ring (bicyclic) bond motifs is 1. The van der Waals surface area contributed by atoms with Crippen LogP contribution in [0.1, 0.15) is 0 Å². The molecule has 0 amide bonds. The molecule has 0 saturated heterocycles. The minimum atomic E-state index is -0.238. The van der Waals surface area contributed by atoms with E-state index in [0.29, 0.717) is 11.0 Å².